The lowest BCUT2D eigenvalue weighted by molar-refractivity contribution is -0.139. The van der Waals surface area contributed by atoms with E-state index in [1.165, 1.54) is 20.1 Å². The Morgan fingerprint density at radius 3 is 2.08 bits per heavy atom. The monoisotopic (exact) mass is 516 g/mol. The van der Waals surface area contributed by atoms with Crippen LogP contribution in [-0.4, -0.2) is 51.5 Å². The average molecular weight is 517 g/mol. The zero-order valence-electron chi connectivity index (χ0n) is 22.3. The number of nitrogens with two attached hydrogens (primary N) is 1. The third-order valence-corrected chi connectivity index (χ3v) is 6.10. The van der Waals surface area contributed by atoms with Crippen LogP contribution >= 0.6 is 0 Å². The van der Waals surface area contributed by atoms with E-state index in [9.17, 15) is 14.4 Å². The van der Waals surface area contributed by atoms with E-state index in [1.807, 2.05) is 12.1 Å². The lowest BCUT2D eigenvalue weighted by Gasteiger charge is -2.19. The molecule has 0 radical (unpaired) electrons. The Labute approximate surface area is 216 Å². The van der Waals surface area contributed by atoms with Crippen LogP contribution < -0.4 is 35.4 Å². The summed E-state index contributed by atoms with van der Waals surface area (Å²) in [5.41, 5.74) is 8.17. The molecule has 0 fully saturated rings. The van der Waals surface area contributed by atoms with E-state index in [4.69, 9.17) is 29.8 Å². The molecule has 0 bridgehead atoms. The van der Waals surface area contributed by atoms with Gasteiger partial charge in [0.25, 0.3) is 0 Å². The Hall–Kier alpha value is -3.79. The second-order valence-corrected chi connectivity index (χ2v) is 8.86. The predicted molar refractivity (Wildman–Crippen MR) is 140 cm³/mol. The van der Waals surface area contributed by atoms with Gasteiger partial charge in [-0.15, -0.1) is 0 Å². The first-order valence-corrected chi connectivity index (χ1v) is 11.8. The fraction of sp³-hybridized carbons (Fsp3) is 0.444. The third kappa shape index (κ3) is 6.71. The highest BCUT2D eigenvalue weighted by Gasteiger charge is 2.29. The van der Waals surface area contributed by atoms with Gasteiger partial charge >= 0.3 is 5.97 Å². The molecule has 202 valence electrons. The lowest BCUT2D eigenvalue weighted by atomic mass is 9.95. The van der Waals surface area contributed by atoms with Crippen molar-refractivity contribution in [1.29, 1.82) is 0 Å². The molecule has 3 rings (SSSR count). The first kappa shape index (κ1) is 29.4. The van der Waals surface area contributed by atoms with Gasteiger partial charge in [-0.1, -0.05) is 19.9 Å². The molecule has 1 amide bonds. The molecule has 1 aliphatic rings. The summed E-state index contributed by atoms with van der Waals surface area (Å²) < 4.78 is 22.0. The van der Waals surface area contributed by atoms with Crippen LogP contribution in [0.5, 0.6) is 23.0 Å². The number of aliphatic carboxylic acids is 1. The number of carboxylic acid groups (broad SMARTS) is 1. The van der Waals surface area contributed by atoms with E-state index in [-0.39, 0.29) is 29.0 Å². The molecule has 0 unspecified atom stereocenters. The number of hydrogen-bond acceptors (Lipinski definition) is 8. The zero-order chi connectivity index (χ0) is 27.9. The van der Waals surface area contributed by atoms with Crippen molar-refractivity contribution in [3.63, 3.8) is 0 Å². The van der Waals surface area contributed by atoms with Crippen molar-refractivity contribution in [2.24, 2.45) is 11.7 Å². The molecule has 37 heavy (non-hydrogen) atoms. The van der Waals surface area contributed by atoms with Crippen LogP contribution in [0.1, 0.15) is 44.4 Å². The average Bonchev–Trinajstić information content (AvgIpc) is 3.10. The number of benzene rings is 1. The van der Waals surface area contributed by atoms with Crippen LogP contribution in [0.15, 0.2) is 29.1 Å². The number of amides is 1. The highest BCUT2D eigenvalue weighted by Crippen LogP contribution is 2.50. The molecule has 0 heterocycles. The van der Waals surface area contributed by atoms with Crippen LogP contribution in [0.2, 0.25) is 0 Å². The Bertz CT molecular complexity index is 1200. The van der Waals surface area contributed by atoms with E-state index in [0.29, 0.717) is 35.7 Å². The second-order valence-electron chi connectivity index (χ2n) is 8.86. The first-order valence-electron chi connectivity index (χ1n) is 11.8. The quantitative estimate of drug-likeness (QED) is 0.505. The van der Waals surface area contributed by atoms with Gasteiger partial charge in [-0.05, 0) is 53.6 Å². The Balaban J connectivity index is 0.000000521. The minimum Gasteiger partial charge on any atom is -0.493 e. The molecular weight excluding hydrogens is 480 g/mol. The normalized spacial score (nSPS) is 14.6. The number of carboxylic acids is 1. The topological polar surface area (TPSA) is 146 Å². The standard InChI is InChI=1S/C22H25NO6.C5H11NO2/c1-12(24)23-16-8-6-13-10-19(27-3)21(28-4)22(29-5)20(13)14-7-9-18(26-2)17(25)11-15(14)16;1-3(2)4(6)5(7)8/h7,9-11,16H,6,8H2,1-5H3,(H,23,24);3-4H,6H2,1-2H3,(H,7,8)/t16-;4-/m00/s1. The van der Waals surface area contributed by atoms with E-state index in [1.54, 1.807) is 41.2 Å². The van der Waals surface area contributed by atoms with E-state index in [0.717, 1.165) is 16.7 Å². The number of carbonyl (C=O) groups is 2. The van der Waals surface area contributed by atoms with Crippen LogP contribution in [0.3, 0.4) is 0 Å². The maximum Gasteiger partial charge on any atom is 0.320 e. The smallest absolute Gasteiger partial charge is 0.320 e. The molecule has 10 heteroatoms. The van der Waals surface area contributed by atoms with Gasteiger partial charge in [0.2, 0.25) is 17.1 Å². The Morgan fingerprint density at radius 2 is 1.62 bits per heavy atom. The highest BCUT2D eigenvalue weighted by atomic mass is 16.5. The van der Waals surface area contributed by atoms with Gasteiger partial charge in [-0.25, -0.2) is 0 Å². The number of hydrogen-bond donors (Lipinski definition) is 3. The number of methoxy groups -OCH3 is 4. The number of carbonyl (C=O) groups excluding carboxylic acids is 1. The van der Waals surface area contributed by atoms with Gasteiger partial charge in [0.1, 0.15) is 6.04 Å². The minimum absolute atomic E-state index is 0.0208. The van der Waals surface area contributed by atoms with Gasteiger partial charge in [0.15, 0.2) is 17.2 Å². The molecular formula is C27H36N2O8. The van der Waals surface area contributed by atoms with Gasteiger partial charge < -0.3 is 35.1 Å². The largest absolute Gasteiger partial charge is 0.493 e. The number of ether oxygens (including phenoxy) is 4. The maximum absolute atomic E-state index is 12.6. The summed E-state index contributed by atoms with van der Waals surface area (Å²) in [6.07, 6.45) is 1.27. The van der Waals surface area contributed by atoms with Crippen LogP contribution in [0, 0.1) is 5.92 Å². The van der Waals surface area contributed by atoms with E-state index >= 15 is 0 Å². The van der Waals surface area contributed by atoms with Crippen molar-refractivity contribution in [3.8, 4) is 34.1 Å². The number of rotatable bonds is 7. The zero-order valence-corrected chi connectivity index (χ0v) is 22.3. The Kier molecular flexibility index (Phi) is 10.3. The minimum atomic E-state index is -0.931. The Morgan fingerprint density at radius 1 is 1.00 bits per heavy atom. The van der Waals surface area contributed by atoms with Crippen LogP contribution in [0.25, 0.3) is 11.1 Å². The molecule has 1 aliphatic carbocycles. The maximum atomic E-state index is 12.6. The third-order valence-electron chi connectivity index (χ3n) is 6.10. The summed E-state index contributed by atoms with van der Waals surface area (Å²) in [5.74, 6) is 0.695. The fourth-order valence-electron chi connectivity index (χ4n) is 4.15. The molecule has 0 aromatic heterocycles. The van der Waals surface area contributed by atoms with Crippen LogP contribution in [0.4, 0.5) is 0 Å². The molecule has 2 aromatic carbocycles. The lowest BCUT2D eigenvalue weighted by Crippen LogP contribution is -2.34. The number of fused-ring (bicyclic) bond motifs is 3. The van der Waals surface area contributed by atoms with Crippen molar-refractivity contribution in [3.05, 3.63) is 45.6 Å². The fourth-order valence-corrected chi connectivity index (χ4v) is 4.15. The SMILES string of the molecule is CC(C)[C@H](N)C(=O)O.COc1cc2c(c(OC)c1OC)-c1ccc(OC)c(=O)cc1[C@@H](NC(C)=O)CC2. The molecule has 0 saturated heterocycles. The summed E-state index contributed by atoms with van der Waals surface area (Å²) in [6, 6.07) is 5.86. The molecule has 2 atom stereocenters. The first-order chi connectivity index (χ1) is 17.5. The number of aryl methyl sites for hydroxylation is 1. The van der Waals surface area contributed by atoms with Crippen molar-refractivity contribution in [1.82, 2.24) is 5.32 Å². The summed E-state index contributed by atoms with van der Waals surface area (Å²) in [4.78, 5) is 34.5. The molecule has 10 nitrogen and oxygen atoms in total. The molecule has 4 N–H and O–H groups in total. The molecule has 2 aromatic rings. The van der Waals surface area contributed by atoms with Crippen LogP contribution in [-0.2, 0) is 16.0 Å². The van der Waals surface area contributed by atoms with Gasteiger partial charge in [0, 0.05) is 12.5 Å². The molecule has 0 saturated carbocycles. The van der Waals surface area contributed by atoms with Crippen molar-refractivity contribution in [2.75, 3.05) is 28.4 Å². The van der Waals surface area contributed by atoms with Crippen molar-refractivity contribution < 1.29 is 33.6 Å². The molecule has 0 aliphatic heterocycles. The molecule has 0 spiro atoms. The van der Waals surface area contributed by atoms with Crippen molar-refractivity contribution >= 4 is 11.9 Å². The van der Waals surface area contributed by atoms with Gasteiger partial charge in [-0.2, -0.15) is 0 Å². The summed E-state index contributed by atoms with van der Waals surface area (Å²) >= 11 is 0. The van der Waals surface area contributed by atoms with E-state index < -0.39 is 12.0 Å². The highest BCUT2D eigenvalue weighted by molar-refractivity contribution is 5.83. The number of nitrogens with one attached hydrogen (secondary N) is 1. The predicted octanol–water partition coefficient (Wildman–Crippen LogP) is 2.93. The van der Waals surface area contributed by atoms with E-state index in [2.05, 4.69) is 5.32 Å². The summed E-state index contributed by atoms with van der Waals surface area (Å²) in [7, 11) is 6.14. The van der Waals surface area contributed by atoms with Gasteiger partial charge in [0.05, 0.1) is 34.5 Å². The summed E-state index contributed by atoms with van der Waals surface area (Å²) in [5, 5.41) is 11.2. The summed E-state index contributed by atoms with van der Waals surface area (Å²) in [6.45, 7) is 5.02. The second kappa shape index (κ2) is 13.0. The van der Waals surface area contributed by atoms with Crippen molar-refractivity contribution in [2.45, 2.75) is 45.7 Å². The van der Waals surface area contributed by atoms with Gasteiger partial charge in [-0.3, -0.25) is 14.4 Å².